The van der Waals surface area contributed by atoms with Crippen LogP contribution in [0.15, 0.2) is 23.3 Å². The third kappa shape index (κ3) is 5.50. The van der Waals surface area contributed by atoms with Crippen molar-refractivity contribution in [3.8, 4) is 0 Å². The fourth-order valence-electron chi connectivity index (χ4n) is 2.11. The van der Waals surface area contributed by atoms with E-state index in [-0.39, 0.29) is 0 Å². The molecule has 0 aliphatic carbocycles. The highest BCUT2D eigenvalue weighted by molar-refractivity contribution is 5.05. The van der Waals surface area contributed by atoms with E-state index in [1.807, 2.05) is 0 Å². The molecule has 1 nitrogen and oxygen atoms in total. The van der Waals surface area contributed by atoms with Gasteiger partial charge in [-0.15, -0.1) is 0 Å². The maximum Gasteiger partial charge on any atom is 0.0760 e. The molecule has 1 saturated heterocycles. The van der Waals surface area contributed by atoms with Gasteiger partial charge in [0, 0.05) is 6.61 Å². The summed E-state index contributed by atoms with van der Waals surface area (Å²) in [5, 5.41) is 0. The molecule has 16 heavy (non-hydrogen) atoms. The fraction of sp³-hybridized carbons (Fsp3) is 0.733. The summed E-state index contributed by atoms with van der Waals surface area (Å²) in [7, 11) is 0. The summed E-state index contributed by atoms with van der Waals surface area (Å²) in [6, 6.07) is 0. The minimum absolute atomic E-state index is 0.371. The van der Waals surface area contributed by atoms with E-state index < -0.39 is 0 Å². The molecule has 0 radical (unpaired) electrons. The van der Waals surface area contributed by atoms with Crippen molar-refractivity contribution in [2.24, 2.45) is 5.92 Å². The molecule has 1 aliphatic rings. The van der Waals surface area contributed by atoms with Crippen molar-refractivity contribution < 1.29 is 4.74 Å². The van der Waals surface area contributed by atoms with Crippen LogP contribution >= 0.6 is 0 Å². The second-order valence-corrected chi connectivity index (χ2v) is 5.37. The Morgan fingerprint density at radius 1 is 1.31 bits per heavy atom. The molecular weight excluding hydrogens is 196 g/mol. The molecule has 1 fully saturated rings. The predicted molar refractivity (Wildman–Crippen MR) is 70.6 cm³/mol. The number of ether oxygens (including phenoxy) is 1. The van der Waals surface area contributed by atoms with Crippen molar-refractivity contribution in [3.63, 3.8) is 0 Å². The summed E-state index contributed by atoms with van der Waals surface area (Å²) in [6.07, 6.45) is 9.75. The van der Waals surface area contributed by atoms with Crippen molar-refractivity contribution in [2.45, 2.75) is 59.5 Å². The highest BCUT2D eigenvalue weighted by atomic mass is 16.5. The van der Waals surface area contributed by atoms with Crippen molar-refractivity contribution in [3.05, 3.63) is 23.3 Å². The molecule has 0 aromatic rings. The van der Waals surface area contributed by atoms with Crippen LogP contribution in [0.25, 0.3) is 0 Å². The molecule has 0 N–H and O–H groups in total. The molecule has 1 heterocycles. The number of rotatable bonds is 4. The number of allylic oxidation sites excluding steroid dienone is 3. The Bertz CT molecular complexity index is 259. The molecule has 0 spiro atoms. The molecule has 0 amide bonds. The maximum atomic E-state index is 5.75. The molecule has 0 aromatic heterocycles. The van der Waals surface area contributed by atoms with E-state index in [2.05, 4.69) is 39.8 Å². The Balaban J connectivity index is 2.34. The van der Waals surface area contributed by atoms with Gasteiger partial charge >= 0.3 is 0 Å². The van der Waals surface area contributed by atoms with Gasteiger partial charge in [-0.05, 0) is 52.4 Å². The summed E-state index contributed by atoms with van der Waals surface area (Å²) in [5.41, 5.74) is 2.88. The van der Waals surface area contributed by atoms with Crippen LogP contribution in [0.3, 0.4) is 0 Å². The van der Waals surface area contributed by atoms with E-state index in [0.717, 1.165) is 18.9 Å². The zero-order chi connectivity index (χ0) is 12.0. The van der Waals surface area contributed by atoms with Crippen LogP contribution in [0.1, 0.15) is 53.4 Å². The van der Waals surface area contributed by atoms with Gasteiger partial charge in [0.25, 0.3) is 0 Å². The number of hydrogen-bond acceptors (Lipinski definition) is 1. The highest BCUT2D eigenvalue weighted by Crippen LogP contribution is 2.21. The van der Waals surface area contributed by atoms with Crippen molar-refractivity contribution >= 4 is 0 Å². The summed E-state index contributed by atoms with van der Waals surface area (Å²) in [6.45, 7) is 9.79. The van der Waals surface area contributed by atoms with Crippen molar-refractivity contribution in [1.82, 2.24) is 0 Å². The Hall–Kier alpha value is -0.560. The van der Waals surface area contributed by atoms with Crippen LogP contribution in [0.2, 0.25) is 0 Å². The van der Waals surface area contributed by atoms with E-state index in [4.69, 9.17) is 4.74 Å². The third-order valence-electron chi connectivity index (χ3n) is 3.14. The molecule has 1 aliphatic heterocycles. The van der Waals surface area contributed by atoms with Crippen LogP contribution in [0.4, 0.5) is 0 Å². The third-order valence-corrected chi connectivity index (χ3v) is 3.14. The molecule has 1 rings (SSSR count). The molecule has 0 saturated carbocycles. The normalized spacial score (nSPS) is 26.6. The average Bonchev–Trinajstić information content (AvgIpc) is 2.16. The SMILES string of the molecule is CC(C)=CCC/C(C)=C\[C@@H]1C[C@@H](C)CCO1. The van der Waals surface area contributed by atoms with Gasteiger partial charge in [0.2, 0.25) is 0 Å². The highest BCUT2D eigenvalue weighted by Gasteiger charge is 2.17. The lowest BCUT2D eigenvalue weighted by molar-refractivity contribution is 0.0234. The van der Waals surface area contributed by atoms with E-state index in [1.54, 1.807) is 0 Å². The molecular formula is C15H26O. The molecule has 2 atom stereocenters. The quantitative estimate of drug-likeness (QED) is 0.637. The van der Waals surface area contributed by atoms with Crippen LogP contribution in [0.5, 0.6) is 0 Å². The lowest BCUT2D eigenvalue weighted by atomic mass is 9.96. The maximum absolute atomic E-state index is 5.75. The monoisotopic (exact) mass is 222 g/mol. The first kappa shape index (κ1) is 13.5. The largest absolute Gasteiger partial charge is 0.374 e. The zero-order valence-corrected chi connectivity index (χ0v) is 11.3. The minimum atomic E-state index is 0.371. The molecule has 0 bridgehead atoms. The van der Waals surface area contributed by atoms with Gasteiger partial charge in [-0.1, -0.05) is 30.2 Å². The van der Waals surface area contributed by atoms with Crippen LogP contribution in [-0.4, -0.2) is 12.7 Å². The van der Waals surface area contributed by atoms with E-state index >= 15 is 0 Å². The van der Waals surface area contributed by atoms with E-state index in [9.17, 15) is 0 Å². The lowest BCUT2D eigenvalue weighted by Gasteiger charge is -2.25. The standard InChI is InChI=1S/C15H26O/c1-12(2)6-5-7-13(3)10-15-11-14(4)8-9-16-15/h6,10,14-15H,5,7-9,11H2,1-4H3/b13-10-/t14-,15+/m0/s1. The van der Waals surface area contributed by atoms with Gasteiger partial charge < -0.3 is 4.74 Å². The molecule has 1 heteroatoms. The second kappa shape index (κ2) is 6.90. The summed E-state index contributed by atoms with van der Waals surface area (Å²) in [5.74, 6) is 0.820. The first-order chi connectivity index (χ1) is 7.58. The predicted octanol–water partition coefficient (Wildman–Crippen LogP) is 4.49. The van der Waals surface area contributed by atoms with Gasteiger partial charge in [0.1, 0.15) is 0 Å². The van der Waals surface area contributed by atoms with Gasteiger partial charge in [0.15, 0.2) is 0 Å². The number of hydrogen-bond donors (Lipinski definition) is 0. The van der Waals surface area contributed by atoms with E-state index in [1.165, 1.54) is 30.4 Å². The first-order valence-corrected chi connectivity index (χ1v) is 6.50. The van der Waals surface area contributed by atoms with Gasteiger partial charge in [-0.25, -0.2) is 0 Å². The second-order valence-electron chi connectivity index (χ2n) is 5.37. The Kier molecular flexibility index (Phi) is 5.83. The summed E-state index contributed by atoms with van der Waals surface area (Å²) >= 11 is 0. The smallest absolute Gasteiger partial charge is 0.0760 e. The van der Waals surface area contributed by atoms with Crippen LogP contribution in [-0.2, 0) is 4.74 Å². The Morgan fingerprint density at radius 2 is 2.06 bits per heavy atom. The Morgan fingerprint density at radius 3 is 2.69 bits per heavy atom. The van der Waals surface area contributed by atoms with Gasteiger partial charge in [-0.2, -0.15) is 0 Å². The van der Waals surface area contributed by atoms with Crippen LogP contribution < -0.4 is 0 Å². The first-order valence-electron chi connectivity index (χ1n) is 6.50. The zero-order valence-electron chi connectivity index (χ0n) is 11.3. The summed E-state index contributed by atoms with van der Waals surface area (Å²) < 4.78 is 5.75. The van der Waals surface area contributed by atoms with Crippen molar-refractivity contribution in [2.75, 3.05) is 6.61 Å². The fourth-order valence-corrected chi connectivity index (χ4v) is 2.11. The average molecular weight is 222 g/mol. The van der Waals surface area contributed by atoms with Gasteiger partial charge in [-0.3, -0.25) is 0 Å². The lowest BCUT2D eigenvalue weighted by Crippen LogP contribution is -2.22. The van der Waals surface area contributed by atoms with Gasteiger partial charge in [0.05, 0.1) is 6.10 Å². The summed E-state index contributed by atoms with van der Waals surface area (Å²) in [4.78, 5) is 0. The molecule has 92 valence electrons. The topological polar surface area (TPSA) is 9.23 Å². The van der Waals surface area contributed by atoms with Crippen molar-refractivity contribution in [1.29, 1.82) is 0 Å². The molecule has 0 aromatic carbocycles. The Labute approximate surface area is 101 Å². The van der Waals surface area contributed by atoms with E-state index in [0.29, 0.717) is 6.10 Å². The van der Waals surface area contributed by atoms with Crippen LogP contribution in [0, 0.1) is 5.92 Å². The minimum Gasteiger partial charge on any atom is -0.374 e. The molecule has 0 unspecified atom stereocenters.